The van der Waals surface area contributed by atoms with Gasteiger partial charge in [-0.15, -0.1) is 11.6 Å². The van der Waals surface area contributed by atoms with Crippen molar-refractivity contribution >= 4 is 23.3 Å². The van der Waals surface area contributed by atoms with E-state index in [0.717, 1.165) is 68.6 Å². The normalized spacial score (nSPS) is 22.0. The molecule has 0 bridgehead atoms. The Hall–Kier alpha value is -2.24. The zero-order valence-corrected chi connectivity index (χ0v) is 27.5. The second-order valence-corrected chi connectivity index (χ2v) is 13.4. The van der Waals surface area contributed by atoms with Gasteiger partial charge >= 0.3 is 5.97 Å². The summed E-state index contributed by atoms with van der Waals surface area (Å²) >= 11 is 5.72. The monoisotopic (exact) mass is 610 g/mol. The average molecular weight is 611 g/mol. The van der Waals surface area contributed by atoms with Crippen molar-refractivity contribution in [2.45, 2.75) is 142 Å². The Morgan fingerprint density at radius 3 is 2.02 bits per heavy atom. The zero-order valence-electron chi connectivity index (χ0n) is 26.7. The van der Waals surface area contributed by atoms with Gasteiger partial charge in [0.2, 0.25) is 5.69 Å². The Morgan fingerprint density at radius 1 is 0.860 bits per heavy atom. The molecule has 5 nitrogen and oxygen atoms in total. The number of rotatable bonds is 19. The molecule has 0 aromatic heterocycles. The fraction of sp³-hybridized carbons (Fsp3) is 0.757. The summed E-state index contributed by atoms with van der Waals surface area (Å²) in [5, 5.41) is 9.82. The van der Waals surface area contributed by atoms with Gasteiger partial charge in [-0.1, -0.05) is 90.4 Å². The second kappa shape index (κ2) is 20.7. The summed E-state index contributed by atoms with van der Waals surface area (Å²) in [6, 6.07) is 5.41. The molecule has 0 unspecified atom stereocenters. The molecule has 2 saturated carbocycles. The van der Waals surface area contributed by atoms with Crippen LogP contribution in [0.2, 0.25) is 0 Å². The fourth-order valence-electron chi connectivity index (χ4n) is 7.24. The van der Waals surface area contributed by atoms with Crippen LogP contribution in [0, 0.1) is 41.6 Å². The van der Waals surface area contributed by atoms with E-state index >= 15 is 0 Å². The molecule has 43 heavy (non-hydrogen) atoms. The van der Waals surface area contributed by atoms with E-state index in [4.69, 9.17) is 27.6 Å². The maximum atomic E-state index is 13.1. The summed E-state index contributed by atoms with van der Waals surface area (Å²) in [6.45, 7) is 10.5. The van der Waals surface area contributed by atoms with Crippen molar-refractivity contribution in [3.63, 3.8) is 0 Å². The van der Waals surface area contributed by atoms with Crippen LogP contribution < -0.4 is 9.47 Å². The quantitative estimate of drug-likeness (QED) is 0.0513. The number of benzene rings is 1. The van der Waals surface area contributed by atoms with Crippen molar-refractivity contribution in [3.8, 4) is 17.6 Å². The Kier molecular flexibility index (Phi) is 16.9. The number of hydrogen-bond donors (Lipinski definition) is 0. The van der Waals surface area contributed by atoms with Crippen LogP contribution in [0.15, 0.2) is 12.1 Å². The van der Waals surface area contributed by atoms with Crippen LogP contribution in [-0.2, 0) is 4.79 Å². The van der Waals surface area contributed by atoms with Crippen LogP contribution in [-0.4, -0.2) is 18.5 Å². The van der Waals surface area contributed by atoms with E-state index < -0.39 is 0 Å². The number of halogens is 1. The third-order valence-corrected chi connectivity index (χ3v) is 10.2. The van der Waals surface area contributed by atoms with Crippen LogP contribution in [0.1, 0.15) is 147 Å². The Morgan fingerprint density at radius 2 is 1.44 bits per heavy atom. The molecule has 3 rings (SSSR count). The number of ether oxygens (including phenoxy) is 2. The molecule has 2 aliphatic carbocycles. The van der Waals surface area contributed by atoms with E-state index in [1.807, 2.05) is 0 Å². The molecule has 0 spiro atoms. The van der Waals surface area contributed by atoms with Gasteiger partial charge in [0, 0.05) is 5.88 Å². The summed E-state index contributed by atoms with van der Waals surface area (Å²) in [4.78, 5) is 16.7. The molecule has 0 amide bonds. The molecule has 0 aliphatic heterocycles. The number of alkyl halides is 1. The van der Waals surface area contributed by atoms with Gasteiger partial charge in [-0.3, -0.25) is 4.79 Å². The van der Waals surface area contributed by atoms with Gasteiger partial charge in [-0.05, 0) is 81.3 Å². The number of hydrogen-bond acceptors (Lipinski definition) is 4. The third kappa shape index (κ3) is 12.0. The molecular formula is C37H55ClN2O3. The Labute approximate surface area is 266 Å². The maximum absolute atomic E-state index is 13.1. The number of carbonyl (C=O) groups excluding carboxylic acids is 1. The Balaban J connectivity index is 1.39. The first-order valence-electron chi connectivity index (χ1n) is 17.5. The second-order valence-electron chi connectivity index (χ2n) is 13.0. The SMILES string of the molecule is [C-]#[N+]c1c(OC(=O)C2CCC(C3CCC(CCCCC)CC3)CC2)ccc(OCCCCCCCCCCCCl)c1C#N. The molecule has 6 heteroatoms. The Bertz CT molecular complexity index is 1030. The van der Waals surface area contributed by atoms with Crippen LogP contribution in [0.3, 0.4) is 0 Å². The first-order chi connectivity index (χ1) is 21.1. The highest BCUT2D eigenvalue weighted by molar-refractivity contribution is 6.17. The molecule has 1 aromatic carbocycles. The number of nitriles is 1. The van der Waals surface area contributed by atoms with E-state index in [1.165, 1.54) is 89.9 Å². The molecule has 238 valence electrons. The van der Waals surface area contributed by atoms with Crippen molar-refractivity contribution in [3.05, 3.63) is 29.1 Å². The van der Waals surface area contributed by atoms with Gasteiger partial charge < -0.3 is 9.47 Å². The van der Waals surface area contributed by atoms with E-state index in [2.05, 4.69) is 17.8 Å². The summed E-state index contributed by atoms with van der Waals surface area (Å²) in [5.41, 5.74) is 0.234. The molecular weight excluding hydrogens is 556 g/mol. The van der Waals surface area contributed by atoms with Crippen LogP contribution >= 0.6 is 11.6 Å². The zero-order chi connectivity index (χ0) is 30.7. The van der Waals surface area contributed by atoms with E-state index in [1.54, 1.807) is 12.1 Å². The summed E-state index contributed by atoms with van der Waals surface area (Å²) in [5.74, 6) is 3.41. The minimum Gasteiger partial charge on any atom is -0.494 e. The van der Waals surface area contributed by atoms with Gasteiger partial charge in [0.25, 0.3) is 0 Å². The summed E-state index contributed by atoms with van der Waals surface area (Å²) in [6.07, 6.45) is 25.4. The van der Waals surface area contributed by atoms with Crippen LogP contribution in [0.4, 0.5) is 5.69 Å². The summed E-state index contributed by atoms with van der Waals surface area (Å²) in [7, 11) is 0. The lowest BCUT2D eigenvalue weighted by molar-refractivity contribution is -0.140. The number of esters is 1. The predicted octanol–water partition coefficient (Wildman–Crippen LogP) is 11.3. The van der Waals surface area contributed by atoms with Gasteiger partial charge in [0.1, 0.15) is 17.1 Å². The smallest absolute Gasteiger partial charge is 0.313 e. The van der Waals surface area contributed by atoms with Crippen molar-refractivity contribution in [2.24, 2.45) is 23.7 Å². The molecule has 1 aromatic rings. The first-order valence-corrected chi connectivity index (χ1v) is 18.0. The van der Waals surface area contributed by atoms with Crippen molar-refractivity contribution in [2.75, 3.05) is 12.5 Å². The van der Waals surface area contributed by atoms with Gasteiger partial charge in [0.05, 0.1) is 25.2 Å². The number of nitrogens with zero attached hydrogens (tertiary/aromatic N) is 2. The standard InChI is InChI=1S/C37H55ClN2O3/c1-3-4-12-15-29-16-18-30(19-17-29)31-20-22-32(23-21-31)37(41)43-35-25-24-34(33(28-39)36(35)40-2)42-27-14-11-9-7-5-6-8-10-13-26-38/h24-25,29-32H,3-23,26-27H2,1H3. The van der Waals surface area contributed by atoms with Crippen molar-refractivity contribution < 1.29 is 14.3 Å². The van der Waals surface area contributed by atoms with E-state index in [-0.39, 0.29) is 28.9 Å². The minimum absolute atomic E-state index is 0.0758. The predicted molar refractivity (Wildman–Crippen MR) is 176 cm³/mol. The average Bonchev–Trinajstić information content (AvgIpc) is 3.04. The first kappa shape index (κ1) is 35.2. The van der Waals surface area contributed by atoms with Gasteiger partial charge in [0.15, 0.2) is 0 Å². The van der Waals surface area contributed by atoms with Crippen LogP contribution in [0.25, 0.3) is 4.85 Å². The molecule has 0 radical (unpaired) electrons. The molecule has 2 fully saturated rings. The highest BCUT2D eigenvalue weighted by Gasteiger charge is 2.34. The lowest BCUT2D eigenvalue weighted by atomic mass is 9.68. The number of unbranched alkanes of at least 4 members (excludes halogenated alkanes) is 10. The molecule has 0 saturated heterocycles. The topological polar surface area (TPSA) is 63.7 Å². The lowest BCUT2D eigenvalue weighted by Gasteiger charge is -2.37. The molecule has 0 N–H and O–H groups in total. The van der Waals surface area contributed by atoms with Crippen LogP contribution in [0.5, 0.6) is 11.5 Å². The van der Waals surface area contributed by atoms with E-state index in [0.29, 0.717) is 12.4 Å². The summed E-state index contributed by atoms with van der Waals surface area (Å²) < 4.78 is 11.7. The van der Waals surface area contributed by atoms with Gasteiger partial charge in [-0.25, -0.2) is 4.85 Å². The largest absolute Gasteiger partial charge is 0.494 e. The lowest BCUT2D eigenvalue weighted by Crippen LogP contribution is -2.30. The third-order valence-electron chi connectivity index (χ3n) is 9.95. The molecule has 2 aliphatic rings. The molecule has 0 atom stereocenters. The maximum Gasteiger partial charge on any atom is 0.313 e. The highest BCUT2D eigenvalue weighted by Crippen LogP contribution is 2.43. The number of carbonyl (C=O) groups is 1. The van der Waals surface area contributed by atoms with Crippen molar-refractivity contribution in [1.82, 2.24) is 0 Å². The van der Waals surface area contributed by atoms with Gasteiger partial charge in [-0.2, -0.15) is 5.26 Å². The van der Waals surface area contributed by atoms with E-state index in [9.17, 15) is 10.1 Å². The van der Waals surface area contributed by atoms with Crippen molar-refractivity contribution in [1.29, 1.82) is 5.26 Å². The fourth-order valence-corrected chi connectivity index (χ4v) is 7.43. The molecule has 0 heterocycles. The minimum atomic E-state index is -0.264. The highest BCUT2D eigenvalue weighted by atomic mass is 35.5.